The third-order valence-corrected chi connectivity index (χ3v) is 2.45. The van der Waals surface area contributed by atoms with Gasteiger partial charge in [0.2, 0.25) is 5.91 Å². The standard InChI is InChI=1S/C10H22N2O3/c1-3-10(2,8-13)7-12-4-5-15-6-9(11)14/h12-13H,3-8H2,1-2H3,(H2,11,14). The minimum atomic E-state index is -0.455. The molecule has 0 aliphatic heterocycles. The van der Waals surface area contributed by atoms with Crippen molar-refractivity contribution in [3.8, 4) is 0 Å². The summed E-state index contributed by atoms with van der Waals surface area (Å²) < 4.78 is 4.98. The Morgan fingerprint density at radius 1 is 1.60 bits per heavy atom. The Bertz CT molecular complexity index is 182. The fraction of sp³-hybridized carbons (Fsp3) is 0.900. The van der Waals surface area contributed by atoms with E-state index in [0.717, 1.165) is 13.0 Å². The second-order valence-corrected chi connectivity index (χ2v) is 4.02. The van der Waals surface area contributed by atoms with Crippen molar-refractivity contribution in [2.75, 3.05) is 32.9 Å². The number of rotatable bonds is 9. The van der Waals surface area contributed by atoms with Gasteiger partial charge in [0.05, 0.1) is 6.61 Å². The normalized spacial score (nSPS) is 14.9. The first-order chi connectivity index (χ1) is 7.04. The van der Waals surface area contributed by atoms with Crippen LogP contribution in [0.25, 0.3) is 0 Å². The Hall–Kier alpha value is -0.650. The number of carbonyl (C=O) groups is 1. The summed E-state index contributed by atoms with van der Waals surface area (Å²) in [4.78, 5) is 10.3. The van der Waals surface area contributed by atoms with Crippen LogP contribution in [0.2, 0.25) is 0 Å². The molecular formula is C10H22N2O3. The third-order valence-electron chi connectivity index (χ3n) is 2.45. The highest BCUT2D eigenvalue weighted by molar-refractivity contribution is 5.74. The van der Waals surface area contributed by atoms with Gasteiger partial charge in [-0.1, -0.05) is 13.8 Å². The van der Waals surface area contributed by atoms with Crippen LogP contribution < -0.4 is 11.1 Å². The fourth-order valence-corrected chi connectivity index (χ4v) is 1.000. The van der Waals surface area contributed by atoms with Gasteiger partial charge in [-0.15, -0.1) is 0 Å². The van der Waals surface area contributed by atoms with Gasteiger partial charge in [-0.25, -0.2) is 0 Å². The van der Waals surface area contributed by atoms with Gasteiger partial charge in [0, 0.05) is 25.1 Å². The maximum Gasteiger partial charge on any atom is 0.243 e. The van der Waals surface area contributed by atoms with Crippen LogP contribution in [0.1, 0.15) is 20.3 Å². The van der Waals surface area contributed by atoms with Crippen molar-refractivity contribution in [1.82, 2.24) is 5.32 Å². The lowest BCUT2D eigenvalue weighted by molar-refractivity contribution is -0.122. The molecule has 0 rings (SSSR count). The molecule has 0 saturated carbocycles. The van der Waals surface area contributed by atoms with E-state index in [2.05, 4.69) is 5.32 Å². The zero-order chi connectivity index (χ0) is 11.7. The van der Waals surface area contributed by atoms with E-state index < -0.39 is 5.91 Å². The number of hydrogen-bond donors (Lipinski definition) is 3. The molecule has 0 heterocycles. The zero-order valence-corrected chi connectivity index (χ0v) is 9.58. The van der Waals surface area contributed by atoms with Crippen LogP contribution in [0.5, 0.6) is 0 Å². The molecule has 1 atom stereocenters. The maximum absolute atomic E-state index is 10.3. The van der Waals surface area contributed by atoms with Gasteiger partial charge in [-0.05, 0) is 6.42 Å². The first-order valence-corrected chi connectivity index (χ1v) is 5.21. The van der Waals surface area contributed by atoms with Crippen molar-refractivity contribution < 1.29 is 14.6 Å². The molecule has 0 aromatic heterocycles. The monoisotopic (exact) mass is 218 g/mol. The maximum atomic E-state index is 10.3. The van der Waals surface area contributed by atoms with E-state index in [1.54, 1.807) is 0 Å². The highest BCUT2D eigenvalue weighted by Gasteiger charge is 2.19. The molecule has 0 radical (unpaired) electrons. The van der Waals surface area contributed by atoms with Crippen molar-refractivity contribution in [2.45, 2.75) is 20.3 Å². The Balaban J connectivity index is 3.41. The summed E-state index contributed by atoms with van der Waals surface area (Å²) in [7, 11) is 0. The highest BCUT2D eigenvalue weighted by Crippen LogP contribution is 2.17. The molecule has 1 unspecified atom stereocenters. The minimum absolute atomic E-state index is 0.0350. The number of aliphatic hydroxyl groups is 1. The SMILES string of the molecule is CCC(C)(CO)CNCCOCC(N)=O. The lowest BCUT2D eigenvalue weighted by Crippen LogP contribution is -2.36. The summed E-state index contributed by atoms with van der Waals surface area (Å²) in [5.41, 5.74) is 4.82. The summed E-state index contributed by atoms with van der Waals surface area (Å²) in [6, 6.07) is 0. The summed E-state index contributed by atoms with van der Waals surface area (Å²) in [6.45, 7) is 6.04. The smallest absolute Gasteiger partial charge is 0.243 e. The average molecular weight is 218 g/mol. The molecule has 0 spiro atoms. The van der Waals surface area contributed by atoms with Crippen molar-refractivity contribution in [3.05, 3.63) is 0 Å². The molecule has 5 nitrogen and oxygen atoms in total. The van der Waals surface area contributed by atoms with Crippen molar-refractivity contribution >= 4 is 5.91 Å². The van der Waals surface area contributed by atoms with E-state index in [9.17, 15) is 4.79 Å². The average Bonchev–Trinajstić information content (AvgIpc) is 2.22. The van der Waals surface area contributed by atoms with Crippen LogP contribution in [-0.2, 0) is 9.53 Å². The number of amides is 1. The number of nitrogens with one attached hydrogen (secondary N) is 1. The Labute approximate surface area is 91.0 Å². The molecule has 0 aliphatic rings. The topological polar surface area (TPSA) is 84.6 Å². The summed E-state index contributed by atoms with van der Waals surface area (Å²) in [6.07, 6.45) is 0.915. The number of aliphatic hydroxyl groups excluding tert-OH is 1. The fourth-order valence-electron chi connectivity index (χ4n) is 1.000. The Morgan fingerprint density at radius 3 is 2.73 bits per heavy atom. The lowest BCUT2D eigenvalue weighted by Gasteiger charge is -2.25. The molecule has 0 aromatic rings. The molecule has 1 amide bonds. The Kier molecular flexibility index (Phi) is 7.29. The van der Waals surface area contributed by atoms with E-state index in [0.29, 0.717) is 13.2 Å². The quantitative estimate of drug-likeness (QED) is 0.455. The van der Waals surface area contributed by atoms with Crippen LogP contribution in [0.3, 0.4) is 0 Å². The van der Waals surface area contributed by atoms with Crippen molar-refractivity contribution in [3.63, 3.8) is 0 Å². The summed E-state index contributed by atoms with van der Waals surface area (Å²) in [5.74, 6) is -0.455. The van der Waals surface area contributed by atoms with E-state index >= 15 is 0 Å². The second-order valence-electron chi connectivity index (χ2n) is 4.02. The zero-order valence-electron chi connectivity index (χ0n) is 9.58. The number of primary amides is 1. The van der Waals surface area contributed by atoms with Crippen molar-refractivity contribution in [2.24, 2.45) is 11.1 Å². The van der Waals surface area contributed by atoms with Gasteiger partial charge in [0.15, 0.2) is 0 Å². The molecular weight excluding hydrogens is 196 g/mol. The predicted molar refractivity (Wildman–Crippen MR) is 58.4 cm³/mol. The number of ether oxygens (including phenoxy) is 1. The predicted octanol–water partition coefficient (Wildman–Crippen LogP) is -0.513. The second kappa shape index (κ2) is 7.62. The van der Waals surface area contributed by atoms with E-state index in [1.807, 2.05) is 13.8 Å². The van der Waals surface area contributed by atoms with Gasteiger partial charge in [0.1, 0.15) is 6.61 Å². The van der Waals surface area contributed by atoms with Gasteiger partial charge >= 0.3 is 0 Å². The molecule has 90 valence electrons. The molecule has 0 aromatic carbocycles. The van der Waals surface area contributed by atoms with Gasteiger partial charge < -0.3 is 20.9 Å². The number of hydrogen-bond acceptors (Lipinski definition) is 4. The first-order valence-electron chi connectivity index (χ1n) is 5.21. The van der Waals surface area contributed by atoms with E-state index in [4.69, 9.17) is 15.6 Å². The van der Waals surface area contributed by atoms with Crippen LogP contribution >= 0.6 is 0 Å². The summed E-state index contributed by atoms with van der Waals surface area (Å²) >= 11 is 0. The molecule has 0 aliphatic carbocycles. The van der Waals surface area contributed by atoms with E-state index in [-0.39, 0.29) is 18.6 Å². The third kappa shape index (κ3) is 7.30. The van der Waals surface area contributed by atoms with Gasteiger partial charge in [-0.2, -0.15) is 0 Å². The molecule has 5 heteroatoms. The molecule has 0 fully saturated rings. The first kappa shape index (κ1) is 14.3. The van der Waals surface area contributed by atoms with Crippen LogP contribution in [-0.4, -0.2) is 43.9 Å². The lowest BCUT2D eigenvalue weighted by atomic mass is 9.89. The van der Waals surface area contributed by atoms with Gasteiger partial charge in [0.25, 0.3) is 0 Å². The van der Waals surface area contributed by atoms with Crippen LogP contribution in [0.4, 0.5) is 0 Å². The number of carbonyl (C=O) groups excluding carboxylic acids is 1. The molecule has 0 saturated heterocycles. The minimum Gasteiger partial charge on any atom is -0.396 e. The Morgan fingerprint density at radius 2 is 2.27 bits per heavy atom. The molecule has 15 heavy (non-hydrogen) atoms. The highest BCUT2D eigenvalue weighted by atomic mass is 16.5. The van der Waals surface area contributed by atoms with Gasteiger partial charge in [-0.3, -0.25) is 4.79 Å². The number of nitrogens with two attached hydrogens (primary N) is 1. The summed E-state index contributed by atoms with van der Waals surface area (Å²) in [5, 5.41) is 12.3. The van der Waals surface area contributed by atoms with E-state index in [1.165, 1.54) is 0 Å². The molecule has 0 bridgehead atoms. The van der Waals surface area contributed by atoms with Crippen molar-refractivity contribution in [1.29, 1.82) is 0 Å². The molecule has 4 N–H and O–H groups in total. The largest absolute Gasteiger partial charge is 0.396 e. The van der Waals surface area contributed by atoms with Crippen LogP contribution in [0.15, 0.2) is 0 Å². The van der Waals surface area contributed by atoms with Crippen LogP contribution in [0, 0.1) is 5.41 Å².